The highest BCUT2D eigenvalue weighted by Crippen LogP contribution is 2.19. The maximum atomic E-state index is 9.33. The van der Waals surface area contributed by atoms with Gasteiger partial charge in [0.05, 0.1) is 5.56 Å². The van der Waals surface area contributed by atoms with E-state index in [1.165, 1.54) is 18.3 Å². The van der Waals surface area contributed by atoms with Gasteiger partial charge in [0.1, 0.15) is 11.5 Å². The van der Waals surface area contributed by atoms with Gasteiger partial charge in [0.25, 0.3) is 0 Å². The molecule has 6 N–H and O–H groups in total. The van der Waals surface area contributed by atoms with Crippen LogP contribution in [0, 0.1) is 0 Å². The molecule has 0 spiro atoms. The Morgan fingerprint density at radius 2 is 2.21 bits per heavy atom. The molecule has 0 heterocycles. The van der Waals surface area contributed by atoms with Crippen molar-refractivity contribution in [3.8, 4) is 11.5 Å². The number of phenolic OH excluding ortho intramolecular Hbond substituents is 2. The van der Waals surface area contributed by atoms with Crippen LogP contribution < -0.4 is 16.3 Å². The standard InChI is InChI=1S/C8H9N3O2S/c9-8(14)11-10-4-5-1-2-6(12)3-7(5)13/h1-4,12-13H,(H3,9,11,14)/p+1/b10-4+. The molecule has 0 amide bonds. The largest absolute Gasteiger partial charge is 0.508 e. The van der Waals surface area contributed by atoms with Gasteiger partial charge in [0, 0.05) is 6.07 Å². The third kappa shape index (κ3) is 2.91. The third-order valence-electron chi connectivity index (χ3n) is 1.44. The lowest BCUT2D eigenvalue weighted by Crippen LogP contribution is -2.82. The van der Waals surface area contributed by atoms with Crippen molar-refractivity contribution >= 4 is 23.5 Å². The fourth-order valence-electron chi connectivity index (χ4n) is 0.839. The van der Waals surface area contributed by atoms with Crippen LogP contribution in [0.1, 0.15) is 5.56 Å². The minimum absolute atomic E-state index is 0.00181. The number of rotatable bonds is 2. The summed E-state index contributed by atoms with van der Waals surface area (Å²) < 4.78 is 0. The lowest BCUT2D eigenvalue weighted by Gasteiger charge is -1.96. The minimum atomic E-state index is -0.0396. The summed E-state index contributed by atoms with van der Waals surface area (Å²) in [5.41, 5.74) is 8.13. The number of benzene rings is 1. The Morgan fingerprint density at radius 3 is 2.79 bits per heavy atom. The molecule has 0 saturated carbocycles. The zero-order valence-electron chi connectivity index (χ0n) is 7.19. The monoisotopic (exact) mass is 212 g/mol. The van der Waals surface area contributed by atoms with Crippen LogP contribution in [0.5, 0.6) is 11.5 Å². The van der Waals surface area contributed by atoms with Crippen molar-refractivity contribution in [1.82, 2.24) is 5.43 Å². The van der Waals surface area contributed by atoms with E-state index in [0.29, 0.717) is 5.56 Å². The molecule has 0 unspecified atom stereocenters. The van der Waals surface area contributed by atoms with E-state index in [2.05, 4.69) is 22.7 Å². The van der Waals surface area contributed by atoms with Crippen molar-refractivity contribution in [3.63, 3.8) is 0 Å². The third-order valence-corrected chi connectivity index (χ3v) is 1.54. The zero-order valence-corrected chi connectivity index (χ0v) is 8.01. The highest BCUT2D eigenvalue weighted by Gasteiger charge is 2.01. The molecule has 1 aromatic carbocycles. The molecule has 0 aliphatic heterocycles. The molecule has 14 heavy (non-hydrogen) atoms. The van der Waals surface area contributed by atoms with Gasteiger partial charge >= 0.3 is 0 Å². The van der Waals surface area contributed by atoms with Crippen LogP contribution in [0.3, 0.4) is 0 Å². The minimum Gasteiger partial charge on any atom is -0.508 e. The maximum Gasteiger partial charge on any atom is 0.221 e. The average molecular weight is 212 g/mol. The van der Waals surface area contributed by atoms with Crippen LogP contribution in [0.4, 0.5) is 0 Å². The second kappa shape index (κ2) is 4.43. The van der Waals surface area contributed by atoms with Gasteiger partial charge in [-0.05, 0) is 24.4 Å². The first-order chi connectivity index (χ1) is 6.59. The first-order valence-electron chi connectivity index (χ1n) is 3.76. The SMILES string of the molecule is NC(=S)N/[NH+]=C/c1ccc(O)cc1O. The Hall–Kier alpha value is -1.82. The van der Waals surface area contributed by atoms with Crippen molar-refractivity contribution in [2.45, 2.75) is 0 Å². The lowest BCUT2D eigenvalue weighted by molar-refractivity contribution is -0.499. The van der Waals surface area contributed by atoms with E-state index in [1.54, 1.807) is 6.07 Å². The van der Waals surface area contributed by atoms with E-state index in [0.717, 1.165) is 0 Å². The number of hydrogen-bond acceptors (Lipinski definition) is 3. The molecule has 0 aliphatic carbocycles. The van der Waals surface area contributed by atoms with Crippen LogP contribution in [0.15, 0.2) is 18.2 Å². The summed E-state index contributed by atoms with van der Waals surface area (Å²) >= 11 is 4.55. The fraction of sp³-hybridized carbons (Fsp3) is 0. The number of thiocarbonyl (C=S) groups is 1. The van der Waals surface area contributed by atoms with Crippen LogP contribution in [-0.2, 0) is 0 Å². The number of hydrogen-bond donors (Lipinski definition) is 5. The van der Waals surface area contributed by atoms with Gasteiger partial charge in [-0.3, -0.25) is 0 Å². The molecule has 0 aliphatic rings. The molecule has 5 nitrogen and oxygen atoms in total. The molecule has 0 saturated heterocycles. The van der Waals surface area contributed by atoms with E-state index in [1.807, 2.05) is 0 Å². The second-order valence-electron chi connectivity index (χ2n) is 2.52. The molecule has 0 atom stereocenters. The number of aromatic hydroxyl groups is 2. The Labute approximate surface area is 85.9 Å². The molecule has 1 aromatic rings. The smallest absolute Gasteiger partial charge is 0.221 e. The number of nitrogens with one attached hydrogen (secondary N) is 2. The van der Waals surface area contributed by atoms with E-state index in [4.69, 9.17) is 10.8 Å². The summed E-state index contributed by atoms with van der Waals surface area (Å²) in [5.74, 6) is -0.0378. The molecule has 0 fully saturated rings. The van der Waals surface area contributed by atoms with Gasteiger partial charge in [-0.1, -0.05) is 0 Å². The van der Waals surface area contributed by atoms with Crippen LogP contribution in [0.2, 0.25) is 0 Å². The molecule has 6 heteroatoms. The molecule has 74 valence electrons. The highest BCUT2D eigenvalue weighted by atomic mass is 32.1. The van der Waals surface area contributed by atoms with E-state index in [9.17, 15) is 5.11 Å². The van der Waals surface area contributed by atoms with Gasteiger partial charge in [0.2, 0.25) is 11.3 Å². The Kier molecular flexibility index (Phi) is 3.24. The van der Waals surface area contributed by atoms with Crippen molar-refractivity contribution in [2.75, 3.05) is 0 Å². The predicted molar refractivity (Wildman–Crippen MR) is 55.8 cm³/mol. The van der Waals surface area contributed by atoms with Gasteiger partial charge in [0.15, 0.2) is 0 Å². The van der Waals surface area contributed by atoms with Gasteiger partial charge in [-0.2, -0.15) is 0 Å². The first-order valence-corrected chi connectivity index (χ1v) is 4.16. The van der Waals surface area contributed by atoms with Gasteiger partial charge in [-0.25, -0.2) is 0 Å². The second-order valence-corrected chi connectivity index (χ2v) is 2.96. The molecule has 0 radical (unpaired) electrons. The molecule has 0 bridgehead atoms. The van der Waals surface area contributed by atoms with E-state index < -0.39 is 0 Å². The Bertz CT molecular complexity index is 379. The van der Waals surface area contributed by atoms with Crippen molar-refractivity contribution < 1.29 is 15.3 Å². The molecule has 1 rings (SSSR count). The van der Waals surface area contributed by atoms with Gasteiger partial charge in [-0.15, -0.1) is 10.5 Å². The van der Waals surface area contributed by atoms with Crippen molar-refractivity contribution in [3.05, 3.63) is 23.8 Å². The summed E-state index contributed by atoms with van der Waals surface area (Å²) in [5, 5.41) is 21.0. The number of nitrogens with two attached hydrogens (primary N) is 1. The molecule has 0 aromatic heterocycles. The average Bonchev–Trinajstić information content (AvgIpc) is 2.08. The Morgan fingerprint density at radius 1 is 1.50 bits per heavy atom. The van der Waals surface area contributed by atoms with Crippen molar-refractivity contribution in [1.29, 1.82) is 0 Å². The topological polar surface area (TPSA) is 92.5 Å². The quantitative estimate of drug-likeness (QED) is 0.230. The van der Waals surface area contributed by atoms with Crippen LogP contribution in [0.25, 0.3) is 0 Å². The molecular weight excluding hydrogens is 202 g/mol. The highest BCUT2D eigenvalue weighted by molar-refractivity contribution is 7.80. The normalized spacial score (nSPS) is 10.3. The van der Waals surface area contributed by atoms with Gasteiger partial charge < -0.3 is 15.9 Å². The number of hydrazine groups is 1. The summed E-state index contributed by atoms with van der Waals surface area (Å²) in [7, 11) is 0. The van der Waals surface area contributed by atoms with Crippen LogP contribution >= 0.6 is 12.2 Å². The van der Waals surface area contributed by atoms with E-state index in [-0.39, 0.29) is 16.6 Å². The first kappa shape index (κ1) is 10.3. The molecular formula is C8H10N3O2S+. The maximum absolute atomic E-state index is 9.33. The summed E-state index contributed by atoms with van der Waals surface area (Å²) in [6.07, 6.45) is 1.47. The van der Waals surface area contributed by atoms with Crippen molar-refractivity contribution in [2.24, 2.45) is 5.73 Å². The Balaban J connectivity index is 2.76. The number of phenols is 2. The zero-order chi connectivity index (χ0) is 10.6. The fourth-order valence-corrected chi connectivity index (χ4v) is 0.898. The predicted octanol–water partition coefficient (Wildman–Crippen LogP) is -1.65. The van der Waals surface area contributed by atoms with E-state index >= 15 is 0 Å². The summed E-state index contributed by atoms with van der Waals surface area (Å²) in [6, 6.07) is 4.22. The number of hydrazone groups is 1. The summed E-state index contributed by atoms with van der Waals surface area (Å²) in [4.78, 5) is 0. The lowest BCUT2D eigenvalue weighted by atomic mass is 10.2. The van der Waals surface area contributed by atoms with Crippen LogP contribution in [-0.4, -0.2) is 21.5 Å². The summed E-state index contributed by atoms with van der Waals surface area (Å²) in [6.45, 7) is 0.